The number of hydrogen-bond acceptors (Lipinski definition) is 4. The minimum absolute atomic E-state index is 0.468. The van der Waals surface area contributed by atoms with Gasteiger partial charge in [-0.05, 0) is 27.7 Å². The van der Waals surface area contributed by atoms with Crippen LogP contribution in [0.5, 0.6) is 0 Å². The van der Waals surface area contributed by atoms with Crippen LogP contribution in [0.3, 0.4) is 0 Å². The highest BCUT2D eigenvalue weighted by Gasteiger charge is 2.45. The predicted molar refractivity (Wildman–Crippen MR) is 85.5 cm³/mol. The number of carbonyl (C=O) groups excluding carboxylic acids is 3. The van der Waals surface area contributed by atoms with E-state index >= 15 is 0 Å². The van der Waals surface area contributed by atoms with Gasteiger partial charge in [0.2, 0.25) is 11.8 Å². The molecule has 0 spiro atoms. The highest BCUT2D eigenvalue weighted by Crippen LogP contribution is 2.34. The zero-order valence-electron chi connectivity index (χ0n) is 15.7. The maximum absolute atomic E-state index is 13.1. The minimum atomic E-state index is -4.67. The first-order chi connectivity index (χ1) is 11.1. The second kappa shape index (κ2) is 8.53. The number of nitrogens with zero attached hydrogens (tertiary/aromatic N) is 1. The fraction of sp³-hybridized carbons (Fsp3) is 0.812. The maximum Gasteiger partial charge on any atom is 0.392 e. The first kappa shape index (κ1) is 23.2. The van der Waals surface area contributed by atoms with Crippen LogP contribution in [0.4, 0.5) is 13.2 Å². The van der Waals surface area contributed by atoms with Gasteiger partial charge in [0.05, 0.1) is 18.3 Å². The lowest BCUT2D eigenvalue weighted by atomic mass is 9.89. The van der Waals surface area contributed by atoms with Crippen molar-refractivity contribution >= 4 is 17.8 Å². The lowest BCUT2D eigenvalue weighted by molar-refractivity contribution is -0.190. The monoisotopic (exact) mass is 368 g/mol. The third-order valence-electron chi connectivity index (χ3n) is 3.43. The summed E-state index contributed by atoms with van der Waals surface area (Å²) in [5.74, 6) is -6.15. The first-order valence-corrected chi connectivity index (χ1v) is 7.86. The van der Waals surface area contributed by atoms with Crippen molar-refractivity contribution in [2.24, 2.45) is 11.8 Å². The second-order valence-electron chi connectivity index (χ2n) is 7.19. The van der Waals surface area contributed by atoms with Crippen molar-refractivity contribution in [3.05, 3.63) is 0 Å². The number of amides is 2. The zero-order valence-corrected chi connectivity index (χ0v) is 15.7. The summed E-state index contributed by atoms with van der Waals surface area (Å²) in [6.07, 6.45) is -5.40. The van der Waals surface area contributed by atoms with Gasteiger partial charge in [-0.3, -0.25) is 14.4 Å². The van der Waals surface area contributed by atoms with Gasteiger partial charge in [-0.25, -0.2) is 0 Å². The van der Waals surface area contributed by atoms with E-state index in [1.165, 1.54) is 25.9 Å². The Morgan fingerprint density at radius 1 is 1.08 bits per heavy atom. The number of carbonyl (C=O) groups is 3. The van der Waals surface area contributed by atoms with Gasteiger partial charge < -0.3 is 15.0 Å². The number of ether oxygens (including phenoxy) is 1. The van der Waals surface area contributed by atoms with Crippen LogP contribution >= 0.6 is 0 Å². The Bertz CT molecular complexity index is 499. The quantitative estimate of drug-likeness (QED) is 0.729. The third-order valence-corrected chi connectivity index (χ3v) is 3.43. The van der Waals surface area contributed by atoms with E-state index in [0.717, 1.165) is 6.92 Å². The molecule has 0 aliphatic rings. The molecule has 0 aromatic heterocycles. The first-order valence-electron chi connectivity index (χ1n) is 7.86. The topological polar surface area (TPSA) is 75.7 Å². The summed E-state index contributed by atoms with van der Waals surface area (Å²) in [5, 5.41) is 2.24. The Kier molecular flexibility index (Phi) is 7.92. The van der Waals surface area contributed by atoms with Gasteiger partial charge in [0, 0.05) is 14.1 Å². The summed E-state index contributed by atoms with van der Waals surface area (Å²) in [7, 11) is 2.92. The van der Waals surface area contributed by atoms with Crippen LogP contribution in [-0.4, -0.2) is 54.6 Å². The van der Waals surface area contributed by atoms with Crippen LogP contribution in [-0.2, 0) is 19.1 Å². The standard InChI is InChI=1S/C16H27F3N2O4/c1-9(16(17,18)19)11(8-12(22)25-15(3,4)5)13(23)20-10(2)14(24)21(6)7/h9-11H,8H2,1-7H3,(H,20,23)/t9?,10-,11?/m0/s1. The van der Waals surface area contributed by atoms with Crippen molar-refractivity contribution < 1.29 is 32.3 Å². The average molecular weight is 368 g/mol. The van der Waals surface area contributed by atoms with Crippen molar-refractivity contribution in [2.45, 2.75) is 58.9 Å². The highest BCUT2D eigenvalue weighted by atomic mass is 19.4. The number of alkyl halides is 3. The molecule has 2 unspecified atom stereocenters. The Balaban J connectivity index is 5.29. The molecule has 0 aromatic rings. The van der Waals surface area contributed by atoms with E-state index in [-0.39, 0.29) is 0 Å². The molecule has 0 saturated heterocycles. The molecule has 0 fully saturated rings. The number of likely N-dealkylation sites (N-methyl/N-ethyl adjacent to an activating group) is 1. The fourth-order valence-corrected chi connectivity index (χ4v) is 2.06. The fourth-order valence-electron chi connectivity index (χ4n) is 2.06. The van der Waals surface area contributed by atoms with E-state index < -0.39 is 53.9 Å². The molecule has 1 N–H and O–H groups in total. The van der Waals surface area contributed by atoms with Gasteiger partial charge in [0.1, 0.15) is 11.6 Å². The molecule has 146 valence electrons. The van der Waals surface area contributed by atoms with E-state index in [4.69, 9.17) is 4.74 Å². The maximum atomic E-state index is 13.1. The van der Waals surface area contributed by atoms with Gasteiger partial charge in [-0.2, -0.15) is 13.2 Å². The van der Waals surface area contributed by atoms with E-state index in [1.54, 1.807) is 20.8 Å². The molecule has 6 nitrogen and oxygen atoms in total. The molecule has 0 aromatic carbocycles. The van der Waals surface area contributed by atoms with Crippen molar-refractivity contribution in [1.29, 1.82) is 0 Å². The Labute approximate surface area is 146 Å². The number of rotatable bonds is 6. The number of esters is 1. The van der Waals surface area contributed by atoms with Crippen LogP contribution in [0.1, 0.15) is 41.0 Å². The summed E-state index contributed by atoms with van der Waals surface area (Å²) in [4.78, 5) is 37.2. The molecule has 3 atom stereocenters. The normalized spacial score (nSPS) is 15.8. The van der Waals surface area contributed by atoms with E-state index in [9.17, 15) is 27.6 Å². The summed E-state index contributed by atoms with van der Waals surface area (Å²) < 4.78 is 44.2. The molecular formula is C16H27F3N2O4. The Morgan fingerprint density at radius 3 is 1.92 bits per heavy atom. The van der Waals surface area contributed by atoms with Gasteiger partial charge in [-0.1, -0.05) is 6.92 Å². The molecule has 0 aliphatic carbocycles. The average Bonchev–Trinajstić information content (AvgIpc) is 2.39. The molecule has 0 saturated carbocycles. The lowest BCUT2D eigenvalue weighted by Crippen LogP contribution is -2.49. The molecule has 0 bridgehead atoms. The van der Waals surface area contributed by atoms with Crippen LogP contribution in [0.2, 0.25) is 0 Å². The second-order valence-corrected chi connectivity index (χ2v) is 7.19. The summed E-state index contributed by atoms with van der Waals surface area (Å²) >= 11 is 0. The van der Waals surface area contributed by atoms with Crippen molar-refractivity contribution in [2.75, 3.05) is 14.1 Å². The van der Waals surface area contributed by atoms with Gasteiger partial charge in [0.15, 0.2) is 0 Å². The Morgan fingerprint density at radius 2 is 1.56 bits per heavy atom. The van der Waals surface area contributed by atoms with Crippen LogP contribution < -0.4 is 5.32 Å². The van der Waals surface area contributed by atoms with Crippen molar-refractivity contribution in [1.82, 2.24) is 10.2 Å². The zero-order chi connectivity index (χ0) is 20.2. The van der Waals surface area contributed by atoms with E-state index in [2.05, 4.69) is 5.32 Å². The SMILES string of the molecule is CC(C(CC(=O)OC(C)(C)C)C(=O)N[C@@H](C)C(=O)N(C)C)C(F)(F)F. The smallest absolute Gasteiger partial charge is 0.392 e. The third kappa shape index (κ3) is 8.22. The van der Waals surface area contributed by atoms with Crippen molar-refractivity contribution in [3.63, 3.8) is 0 Å². The molecule has 25 heavy (non-hydrogen) atoms. The largest absolute Gasteiger partial charge is 0.460 e. The summed E-state index contributed by atoms with van der Waals surface area (Å²) in [5.41, 5.74) is -0.881. The van der Waals surface area contributed by atoms with Gasteiger partial charge in [-0.15, -0.1) is 0 Å². The van der Waals surface area contributed by atoms with Gasteiger partial charge in [0.25, 0.3) is 0 Å². The molecular weight excluding hydrogens is 341 g/mol. The highest BCUT2D eigenvalue weighted by molar-refractivity contribution is 5.89. The van der Waals surface area contributed by atoms with Crippen LogP contribution in [0.25, 0.3) is 0 Å². The number of hydrogen-bond donors (Lipinski definition) is 1. The predicted octanol–water partition coefficient (Wildman–Crippen LogP) is 2.13. The van der Waals surface area contributed by atoms with E-state index in [1.807, 2.05) is 0 Å². The van der Waals surface area contributed by atoms with E-state index in [0.29, 0.717) is 0 Å². The molecule has 2 amide bonds. The number of nitrogens with one attached hydrogen (secondary N) is 1. The summed E-state index contributed by atoms with van der Waals surface area (Å²) in [6, 6.07) is -1.01. The van der Waals surface area contributed by atoms with Crippen LogP contribution in [0.15, 0.2) is 0 Å². The minimum Gasteiger partial charge on any atom is -0.460 e. The molecule has 0 heterocycles. The van der Waals surface area contributed by atoms with Crippen molar-refractivity contribution in [3.8, 4) is 0 Å². The lowest BCUT2D eigenvalue weighted by Gasteiger charge is -2.28. The van der Waals surface area contributed by atoms with Gasteiger partial charge >= 0.3 is 12.1 Å². The summed E-state index contributed by atoms with van der Waals surface area (Å²) in [6.45, 7) is 6.91. The molecule has 0 rings (SSSR count). The molecule has 0 radical (unpaired) electrons. The Hall–Kier alpha value is -1.80. The van der Waals surface area contributed by atoms with Crippen LogP contribution in [0, 0.1) is 11.8 Å². The molecule has 0 aliphatic heterocycles. The number of halogens is 3. The molecule has 9 heteroatoms.